The predicted molar refractivity (Wildman–Crippen MR) is 76.6 cm³/mol. The maximum absolute atomic E-state index is 8.98. The molecule has 0 saturated heterocycles. The van der Waals surface area contributed by atoms with Crippen molar-refractivity contribution in [1.29, 1.82) is 10.5 Å². The van der Waals surface area contributed by atoms with Crippen LogP contribution in [0.3, 0.4) is 0 Å². The van der Waals surface area contributed by atoms with Crippen molar-refractivity contribution in [3.05, 3.63) is 58.1 Å². The van der Waals surface area contributed by atoms with Gasteiger partial charge in [-0.25, -0.2) is 0 Å². The predicted octanol–water partition coefficient (Wildman–Crippen LogP) is 4.15. The molecular weight excluding hydrogens is 248 g/mol. The zero-order valence-electron chi connectivity index (χ0n) is 11.7. The van der Waals surface area contributed by atoms with E-state index >= 15 is 0 Å². The fraction of sp³-hybridized carbons (Fsp3) is 0.176. The molecule has 0 aliphatic heterocycles. The Morgan fingerprint density at radius 2 is 1.45 bits per heavy atom. The van der Waals surface area contributed by atoms with Crippen molar-refractivity contribution in [3.8, 4) is 23.6 Å². The van der Waals surface area contributed by atoms with Gasteiger partial charge >= 0.3 is 0 Å². The molecule has 0 spiro atoms. The van der Waals surface area contributed by atoms with E-state index in [9.17, 15) is 0 Å². The Kier molecular flexibility index (Phi) is 3.73. The summed E-state index contributed by atoms with van der Waals surface area (Å²) < 4.78 is 5.85. The van der Waals surface area contributed by atoms with Crippen LogP contribution in [0.15, 0.2) is 30.3 Å². The SMILES string of the molecule is Cc1cc(C)c(C)c(Oc2cc(C#N)cc(C#N)c2)c1. The van der Waals surface area contributed by atoms with Crippen LogP contribution in [0, 0.1) is 43.4 Å². The van der Waals surface area contributed by atoms with E-state index in [4.69, 9.17) is 15.3 Å². The fourth-order valence-corrected chi connectivity index (χ4v) is 2.02. The van der Waals surface area contributed by atoms with Crippen molar-refractivity contribution >= 4 is 0 Å². The quantitative estimate of drug-likeness (QED) is 0.817. The summed E-state index contributed by atoms with van der Waals surface area (Å²) in [7, 11) is 0. The van der Waals surface area contributed by atoms with Crippen molar-refractivity contribution < 1.29 is 4.74 Å². The molecule has 0 heterocycles. The van der Waals surface area contributed by atoms with Gasteiger partial charge in [-0.05, 0) is 61.7 Å². The normalized spacial score (nSPS) is 9.65. The van der Waals surface area contributed by atoms with E-state index in [0.29, 0.717) is 16.9 Å². The smallest absolute Gasteiger partial charge is 0.130 e. The number of ether oxygens (including phenoxy) is 1. The van der Waals surface area contributed by atoms with E-state index in [0.717, 1.165) is 22.4 Å². The molecule has 0 aliphatic rings. The van der Waals surface area contributed by atoms with Crippen LogP contribution < -0.4 is 4.74 Å². The Labute approximate surface area is 118 Å². The molecule has 0 aromatic heterocycles. The average molecular weight is 262 g/mol. The highest BCUT2D eigenvalue weighted by Gasteiger charge is 2.07. The number of nitriles is 2. The first kappa shape index (κ1) is 13.6. The van der Waals surface area contributed by atoms with Gasteiger partial charge in [-0.1, -0.05) is 6.07 Å². The molecule has 3 heteroatoms. The molecule has 0 unspecified atom stereocenters. The molecule has 0 aliphatic carbocycles. The van der Waals surface area contributed by atoms with Gasteiger partial charge in [0.1, 0.15) is 11.5 Å². The number of rotatable bonds is 2. The Balaban J connectivity index is 2.46. The van der Waals surface area contributed by atoms with Crippen LogP contribution in [0.4, 0.5) is 0 Å². The van der Waals surface area contributed by atoms with Gasteiger partial charge in [0.25, 0.3) is 0 Å². The van der Waals surface area contributed by atoms with Crippen molar-refractivity contribution in [3.63, 3.8) is 0 Å². The summed E-state index contributed by atoms with van der Waals surface area (Å²) in [6, 6.07) is 12.9. The van der Waals surface area contributed by atoms with Crippen LogP contribution in [0.25, 0.3) is 0 Å². The van der Waals surface area contributed by atoms with Gasteiger partial charge in [-0.2, -0.15) is 10.5 Å². The lowest BCUT2D eigenvalue weighted by Crippen LogP contribution is -1.93. The maximum Gasteiger partial charge on any atom is 0.130 e. The highest BCUT2D eigenvalue weighted by molar-refractivity contribution is 5.49. The van der Waals surface area contributed by atoms with E-state index in [1.807, 2.05) is 39.0 Å². The van der Waals surface area contributed by atoms with E-state index < -0.39 is 0 Å². The largest absolute Gasteiger partial charge is 0.457 e. The van der Waals surface area contributed by atoms with E-state index in [-0.39, 0.29) is 0 Å². The third-order valence-electron chi connectivity index (χ3n) is 3.16. The van der Waals surface area contributed by atoms with Gasteiger partial charge in [0.15, 0.2) is 0 Å². The van der Waals surface area contributed by atoms with Gasteiger partial charge in [-0.15, -0.1) is 0 Å². The lowest BCUT2D eigenvalue weighted by Gasteiger charge is -2.12. The zero-order valence-corrected chi connectivity index (χ0v) is 11.7. The van der Waals surface area contributed by atoms with E-state index in [1.54, 1.807) is 18.2 Å². The molecule has 0 radical (unpaired) electrons. The second-order valence-electron chi connectivity index (χ2n) is 4.78. The van der Waals surface area contributed by atoms with Crippen molar-refractivity contribution in [2.24, 2.45) is 0 Å². The molecule has 98 valence electrons. The van der Waals surface area contributed by atoms with Gasteiger partial charge in [0.05, 0.1) is 23.3 Å². The number of hydrogen-bond acceptors (Lipinski definition) is 3. The lowest BCUT2D eigenvalue weighted by atomic mass is 10.1. The molecule has 2 aromatic rings. The average Bonchev–Trinajstić information content (AvgIpc) is 2.43. The highest BCUT2D eigenvalue weighted by Crippen LogP contribution is 2.29. The fourth-order valence-electron chi connectivity index (χ4n) is 2.02. The molecule has 0 amide bonds. The van der Waals surface area contributed by atoms with Crippen LogP contribution in [0.2, 0.25) is 0 Å². The van der Waals surface area contributed by atoms with Crippen LogP contribution in [0.1, 0.15) is 27.8 Å². The summed E-state index contributed by atoms with van der Waals surface area (Å²) in [6.07, 6.45) is 0. The summed E-state index contributed by atoms with van der Waals surface area (Å²) in [5.74, 6) is 1.26. The Hall–Kier alpha value is -2.78. The third kappa shape index (κ3) is 2.79. The second-order valence-corrected chi connectivity index (χ2v) is 4.78. The standard InChI is InChI=1S/C17H14N2O/c1-11-4-12(2)13(3)17(5-11)20-16-7-14(9-18)6-15(8-16)10-19/h4-8H,1-3H3. The molecule has 2 aromatic carbocycles. The minimum Gasteiger partial charge on any atom is -0.457 e. The number of aryl methyl sites for hydroxylation is 2. The summed E-state index contributed by atoms with van der Waals surface area (Å²) in [5, 5.41) is 18.0. The van der Waals surface area contributed by atoms with Gasteiger partial charge < -0.3 is 4.74 Å². The summed E-state index contributed by atoms with van der Waals surface area (Å²) in [4.78, 5) is 0. The van der Waals surface area contributed by atoms with Gasteiger partial charge in [0.2, 0.25) is 0 Å². The second kappa shape index (κ2) is 5.47. The Morgan fingerprint density at radius 1 is 0.850 bits per heavy atom. The summed E-state index contributed by atoms with van der Waals surface area (Å²) >= 11 is 0. The zero-order chi connectivity index (χ0) is 14.7. The topological polar surface area (TPSA) is 56.8 Å². The van der Waals surface area contributed by atoms with E-state index in [1.165, 1.54) is 0 Å². The first-order valence-electron chi connectivity index (χ1n) is 6.24. The molecule has 0 N–H and O–H groups in total. The molecular formula is C17H14N2O. The molecule has 0 atom stereocenters. The first-order chi connectivity index (χ1) is 9.53. The number of benzene rings is 2. The maximum atomic E-state index is 8.98. The molecule has 0 saturated carbocycles. The molecule has 3 nitrogen and oxygen atoms in total. The number of hydrogen-bond donors (Lipinski definition) is 0. The minimum absolute atomic E-state index is 0.418. The van der Waals surface area contributed by atoms with E-state index in [2.05, 4.69) is 6.07 Å². The van der Waals surface area contributed by atoms with Crippen LogP contribution in [-0.2, 0) is 0 Å². The summed E-state index contributed by atoms with van der Waals surface area (Å²) in [5.41, 5.74) is 4.15. The van der Waals surface area contributed by atoms with Crippen LogP contribution in [0.5, 0.6) is 11.5 Å². The van der Waals surface area contributed by atoms with Crippen molar-refractivity contribution in [2.75, 3.05) is 0 Å². The Bertz CT molecular complexity index is 717. The van der Waals surface area contributed by atoms with Gasteiger partial charge in [0, 0.05) is 0 Å². The molecule has 0 fully saturated rings. The van der Waals surface area contributed by atoms with Crippen molar-refractivity contribution in [1.82, 2.24) is 0 Å². The monoisotopic (exact) mass is 262 g/mol. The third-order valence-corrected chi connectivity index (χ3v) is 3.16. The number of nitrogens with zero attached hydrogens (tertiary/aromatic N) is 2. The minimum atomic E-state index is 0.418. The van der Waals surface area contributed by atoms with Crippen LogP contribution in [-0.4, -0.2) is 0 Å². The molecule has 2 rings (SSSR count). The summed E-state index contributed by atoms with van der Waals surface area (Å²) in [6.45, 7) is 6.02. The van der Waals surface area contributed by atoms with Crippen LogP contribution >= 0.6 is 0 Å². The first-order valence-corrected chi connectivity index (χ1v) is 6.24. The highest BCUT2D eigenvalue weighted by atomic mass is 16.5. The lowest BCUT2D eigenvalue weighted by molar-refractivity contribution is 0.477. The van der Waals surface area contributed by atoms with Crippen molar-refractivity contribution in [2.45, 2.75) is 20.8 Å². The molecule has 0 bridgehead atoms. The van der Waals surface area contributed by atoms with Gasteiger partial charge in [-0.3, -0.25) is 0 Å². The Morgan fingerprint density at radius 3 is 2.00 bits per heavy atom. The molecule has 20 heavy (non-hydrogen) atoms.